The summed E-state index contributed by atoms with van der Waals surface area (Å²) < 4.78 is 37.3. The van der Waals surface area contributed by atoms with Crippen LogP contribution < -0.4 is 0 Å². The molecule has 0 bridgehead atoms. The predicted octanol–water partition coefficient (Wildman–Crippen LogP) is 5.52. The Hall–Kier alpha value is -2.03. The fourth-order valence-corrected chi connectivity index (χ4v) is 1.91. The van der Waals surface area contributed by atoms with Gasteiger partial charge in [0.2, 0.25) is 0 Å². The molecule has 0 unspecified atom stereocenters. The number of rotatable bonds is 3. The SMILES string of the molecule is C[C@@H](/C=C/c1ccc(C(F)(F)F)cc1)c1ccccc1. The van der Waals surface area contributed by atoms with Gasteiger partial charge in [0.1, 0.15) is 0 Å². The van der Waals surface area contributed by atoms with Gasteiger partial charge in [0.05, 0.1) is 5.56 Å². The molecule has 0 saturated heterocycles. The average Bonchev–Trinajstić information content (AvgIpc) is 2.45. The molecule has 3 heteroatoms. The van der Waals surface area contributed by atoms with E-state index < -0.39 is 11.7 Å². The maximum Gasteiger partial charge on any atom is 0.416 e. The van der Waals surface area contributed by atoms with E-state index in [1.54, 1.807) is 0 Å². The first-order valence-corrected chi connectivity index (χ1v) is 6.37. The van der Waals surface area contributed by atoms with Crippen molar-refractivity contribution in [3.8, 4) is 0 Å². The van der Waals surface area contributed by atoms with Crippen LogP contribution in [0.4, 0.5) is 13.2 Å². The lowest BCUT2D eigenvalue weighted by molar-refractivity contribution is -0.137. The molecule has 20 heavy (non-hydrogen) atoms. The fourth-order valence-electron chi connectivity index (χ4n) is 1.91. The van der Waals surface area contributed by atoms with Crippen LogP contribution in [-0.2, 0) is 6.18 Å². The maximum absolute atomic E-state index is 12.4. The highest BCUT2D eigenvalue weighted by molar-refractivity contribution is 5.51. The lowest BCUT2D eigenvalue weighted by Crippen LogP contribution is -2.03. The summed E-state index contributed by atoms with van der Waals surface area (Å²) in [5, 5.41) is 0. The zero-order valence-corrected chi connectivity index (χ0v) is 11.1. The van der Waals surface area contributed by atoms with E-state index in [2.05, 4.69) is 6.92 Å². The minimum Gasteiger partial charge on any atom is -0.166 e. The van der Waals surface area contributed by atoms with Gasteiger partial charge in [-0.15, -0.1) is 0 Å². The average molecular weight is 276 g/mol. The van der Waals surface area contributed by atoms with Gasteiger partial charge in [-0.3, -0.25) is 0 Å². The van der Waals surface area contributed by atoms with Crippen LogP contribution in [0.3, 0.4) is 0 Å². The first-order chi connectivity index (χ1) is 9.47. The third kappa shape index (κ3) is 3.73. The minimum atomic E-state index is -4.28. The summed E-state index contributed by atoms with van der Waals surface area (Å²) in [6.45, 7) is 2.05. The second kappa shape index (κ2) is 5.95. The van der Waals surface area contributed by atoms with Crippen molar-refractivity contribution >= 4 is 6.08 Å². The Labute approximate surface area is 116 Å². The maximum atomic E-state index is 12.4. The second-order valence-corrected chi connectivity index (χ2v) is 4.68. The lowest BCUT2D eigenvalue weighted by atomic mass is 10.00. The smallest absolute Gasteiger partial charge is 0.166 e. The molecule has 2 rings (SSSR count). The number of alkyl halides is 3. The van der Waals surface area contributed by atoms with Crippen LogP contribution in [0.2, 0.25) is 0 Å². The molecule has 0 aliphatic rings. The van der Waals surface area contributed by atoms with Crippen molar-refractivity contribution in [1.29, 1.82) is 0 Å². The topological polar surface area (TPSA) is 0 Å². The largest absolute Gasteiger partial charge is 0.416 e. The standard InChI is InChI=1S/C17H15F3/c1-13(15-5-3-2-4-6-15)7-8-14-9-11-16(12-10-14)17(18,19)20/h2-13H,1H3/b8-7+/t13-/m0/s1. The first kappa shape index (κ1) is 14.4. The van der Waals surface area contributed by atoms with Gasteiger partial charge in [-0.25, -0.2) is 0 Å². The van der Waals surface area contributed by atoms with Gasteiger partial charge in [-0.1, -0.05) is 61.5 Å². The van der Waals surface area contributed by atoms with Crippen LogP contribution in [0.25, 0.3) is 6.08 Å². The van der Waals surface area contributed by atoms with E-state index in [0.717, 1.165) is 17.7 Å². The number of hydrogen-bond donors (Lipinski definition) is 0. The molecule has 0 nitrogen and oxygen atoms in total. The molecule has 0 aliphatic carbocycles. The molecular formula is C17H15F3. The van der Waals surface area contributed by atoms with E-state index in [9.17, 15) is 13.2 Å². The third-order valence-electron chi connectivity index (χ3n) is 3.14. The molecule has 0 spiro atoms. The minimum absolute atomic E-state index is 0.221. The highest BCUT2D eigenvalue weighted by Crippen LogP contribution is 2.29. The van der Waals surface area contributed by atoms with Crippen LogP contribution in [0.5, 0.6) is 0 Å². The van der Waals surface area contributed by atoms with Crippen molar-refractivity contribution in [1.82, 2.24) is 0 Å². The van der Waals surface area contributed by atoms with Crippen molar-refractivity contribution in [2.24, 2.45) is 0 Å². The van der Waals surface area contributed by atoms with E-state index in [1.165, 1.54) is 17.7 Å². The predicted molar refractivity (Wildman–Crippen MR) is 75.3 cm³/mol. The summed E-state index contributed by atoms with van der Waals surface area (Å²) in [6.07, 6.45) is -0.449. The summed E-state index contributed by atoms with van der Waals surface area (Å²) >= 11 is 0. The zero-order valence-electron chi connectivity index (χ0n) is 11.1. The van der Waals surface area contributed by atoms with E-state index in [4.69, 9.17) is 0 Å². The molecule has 0 heterocycles. The molecule has 2 aromatic rings. The summed E-state index contributed by atoms with van der Waals surface area (Å²) in [6, 6.07) is 15.1. The highest BCUT2D eigenvalue weighted by Gasteiger charge is 2.29. The summed E-state index contributed by atoms with van der Waals surface area (Å²) in [4.78, 5) is 0. The normalized spacial score (nSPS) is 13.6. The molecule has 1 atom stereocenters. The van der Waals surface area contributed by atoms with Crippen molar-refractivity contribution in [3.63, 3.8) is 0 Å². The number of benzene rings is 2. The molecule has 0 fully saturated rings. The van der Waals surface area contributed by atoms with Crippen molar-refractivity contribution in [2.45, 2.75) is 19.0 Å². The Morgan fingerprint density at radius 1 is 0.900 bits per heavy atom. The van der Waals surface area contributed by atoms with Gasteiger partial charge >= 0.3 is 6.18 Å². The molecule has 0 aliphatic heterocycles. The fraction of sp³-hybridized carbons (Fsp3) is 0.176. The zero-order chi connectivity index (χ0) is 14.6. The van der Waals surface area contributed by atoms with Gasteiger partial charge < -0.3 is 0 Å². The third-order valence-corrected chi connectivity index (χ3v) is 3.14. The van der Waals surface area contributed by atoms with Crippen molar-refractivity contribution in [3.05, 3.63) is 77.4 Å². The monoisotopic (exact) mass is 276 g/mol. The Bertz CT molecular complexity index is 565. The van der Waals surface area contributed by atoms with E-state index in [0.29, 0.717) is 0 Å². The van der Waals surface area contributed by atoms with Crippen molar-refractivity contribution in [2.75, 3.05) is 0 Å². The first-order valence-electron chi connectivity index (χ1n) is 6.37. The molecule has 0 radical (unpaired) electrons. The summed E-state index contributed by atoms with van der Waals surface area (Å²) in [5.41, 5.74) is 1.32. The van der Waals surface area contributed by atoms with Crippen LogP contribution >= 0.6 is 0 Å². The van der Waals surface area contributed by atoms with Crippen LogP contribution in [0.1, 0.15) is 29.5 Å². The lowest BCUT2D eigenvalue weighted by Gasteiger charge is -2.07. The summed E-state index contributed by atoms with van der Waals surface area (Å²) in [5.74, 6) is 0.221. The quantitative estimate of drug-likeness (QED) is 0.692. The number of allylic oxidation sites excluding steroid dienone is 1. The molecule has 0 aromatic heterocycles. The van der Waals surface area contributed by atoms with E-state index in [1.807, 2.05) is 42.5 Å². The number of halogens is 3. The Morgan fingerprint density at radius 3 is 2.05 bits per heavy atom. The van der Waals surface area contributed by atoms with Gasteiger partial charge in [0.25, 0.3) is 0 Å². The van der Waals surface area contributed by atoms with Crippen LogP contribution in [0, 0.1) is 0 Å². The van der Waals surface area contributed by atoms with Crippen LogP contribution in [0.15, 0.2) is 60.7 Å². The van der Waals surface area contributed by atoms with Gasteiger partial charge in [-0.2, -0.15) is 13.2 Å². The van der Waals surface area contributed by atoms with E-state index >= 15 is 0 Å². The Balaban J connectivity index is 2.08. The Kier molecular flexibility index (Phi) is 4.28. The second-order valence-electron chi connectivity index (χ2n) is 4.68. The molecule has 0 saturated carbocycles. The summed E-state index contributed by atoms with van der Waals surface area (Å²) in [7, 11) is 0. The Morgan fingerprint density at radius 2 is 1.50 bits per heavy atom. The number of hydrogen-bond acceptors (Lipinski definition) is 0. The molecular weight excluding hydrogens is 261 g/mol. The van der Waals surface area contributed by atoms with Gasteiger partial charge in [-0.05, 0) is 29.2 Å². The van der Waals surface area contributed by atoms with Crippen molar-refractivity contribution < 1.29 is 13.2 Å². The van der Waals surface area contributed by atoms with Gasteiger partial charge in [0, 0.05) is 0 Å². The molecule has 0 N–H and O–H groups in total. The molecule has 104 valence electrons. The molecule has 0 amide bonds. The van der Waals surface area contributed by atoms with Crippen LogP contribution in [-0.4, -0.2) is 0 Å². The highest BCUT2D eigenvalue weighted by atomic mass is 19.4. The van der Waals surface area contributed by atoms with Gasteiger partial charge in [0.15, 0.2) is 0 Å². The molecule has 2 aromatic carbocycles. The van der Waals surface area contributed by atoms with E-state index in [-0.39, 0.29) is 5.92 Å².